The van der Waals surface area contributed by atoms with Crippen LogP contribution in [-0.2, 0) is 6.54 Å². The summed E-state index contributed by atoms with van der Waals surface area (Å²) in [6.45, 7) is 0.761. The monoisotopic (exact) mass is 366 g/mol. The first kappa shape index (κ1) is 17.1. The van der Waals surface area contributed by atoms with E-state index in [2.05, 4.69) is 4.57 Å². The smallest absolute Gasteiger partial charge is 0.270 e. The third kappa shape index (κ3) is 3.74. The first-order valence-electron chi connectivity index (χ1n) is 8.92. The van der Waals surface area contributed by atoms with Gasteiger partial charge in [0.2, 0.25) is 0 Å². The highest BCUT2D eigenvalue weighted by Gasteiger charge is 2.29. The van der Waals surface area contributed by atoms with E-state index in [1.807, 2.05) is 65.5 Å². The van der Waals surface area contributed by atoms with Crippen LogP contribution in [0.3, 0.4) is 0 Å². The van der Waals surface area contributed by atoms with E-state index in [-0.39, 0.29) is 12.5 Å². The molecule has 0 unspecified atom stereocenters. The summed E-state index contributed by atoms with van der Waals surface area (Å²) >= 11 is 1.55. The molecule has 2 aromatic heterocycles. The lowest BCUT2D eigenvalue weighted by Gasteiger charge is -2.26. The molecule has 0 bridgehead atoms. The Morgan fingerprint density at radius 2 is 2.00 bits per heavy atom. The fourth-order valence-electron chi connectivity index (χ4n) is 3.21. The normalized spacial score (nSPS) is 15.0. The van der Waals surface area contributed by atoms with Crippen molar-refractivity contribution in [2.24, 2.45) is 0 Å². The summed E-state index contributed by atoms with van der Waals surface area (Å²) in [7, 11) is 0. The molecule has 26 heavy (non-hydrogen) atoms. The van der Waals surface area contributed by atoms with Crippen molar-refractivity contribution in [3.8, 4) is 0 Å². The maximum Gasteiger partial charge on any atom is 0.270 e. The number of rotatable bonds is 7. The van der Waals surface area contributed by atoms with Gasteiger partial charge >= 0.3 is 0 Å². The van der Waals surface area contributed by atoms with E-state index in [1.54, 1.807) is 16.2 Å². The molecule has 1 atom stereocenters. The van der Waals surface area contributed by atoms with Crippen LogP contribution >= 0.6 is 11.3 Å². The van der Waals surface area contributed by atoms with E-state index in [9.17, 15) is 9.90 Å². The summed E-state index contributed by atoms with van der Waals surface area (Å²) in [5.41, 5.74) is 2.63. The molecule has 1 fully saturated rings. The van der Waals surface area contributed by atoms with Gasteiger partial charge in [-0.15, -0.1) is 0 Å². The van der Waals surface area contributed by atoms with Crippen LogP contribution in [0.2, 0.25) is 0 Å². The first-order chi connectivity index (χ1) is 12.7. The number of hydrogen-bond donors (Lipinski definition) is 1. The van der Waals surface area contributed by atoms with Crippen LogP contribution in [0.1, 0.15) is 46.6 Å². The topological polar surface area (TPSA) is 45.5 Å². The molecule has 4 rings (SSSR count). The number of hydrogen-bond acceptors (Lipinski definition) is 3. The van der Waals surface area contributed by atoms with E-state index >= 15 is 0 Å². The van der Waals surface area contributed by atoms with Crippen LogP contribution in [0.15, 0.2) is 65.5 Å². The van der Waals surface area contributed by atoms with Crippen LogP contribution < -0.4 is 0 Å². The van der Waals surface area contributed by atoms with Crippen molar-refractivity contribution in [3.63, 3.8) is 0 Å². The van der Waals surface area contributed by atoms with Gasteiger partial charge in [-0.25, -0.2) is 0 Å². The number of aliphatic hydroxyl groups excluding tert-OH is 1. The third-order valence-electron chi connectivity index (χ3n) is 4.76. The molecule has 3 aromatic rings. The van der Waals surface area contributed by atoms with Gasteiger partial charge < -0.3 is 14.6 Å². The number of carbonyl (C=O) groups excluding carboxylic acids is 1. The van der Waals surface area contributed by atoms with Gasteiger partial charge in [0, 0.05) is 18.8 Å². The second kappa shape index (κ2) is 7.48. The Labute approximate surface area is 157 Å². The maximum absolute atomic E-state index is 13.3. The van der Waals surface area contributed by atoms with E-state index in [0.717, 1.165) is 24.0 Å². The Balaban J connectivity index is 1.58. The second-order valence-electron chi connectivity index (χ2n) is 6.78. The van der Waals surface area contributed by atoms with Gasteiger partial charge in [-0.1, -0.05) is 30.3 Å². The molecule has 0 aliphatic heterocycles. The lowest BCUT2D eigenvalue weighted by Crippen LogP contribution is -2.35. The fraction of sp³-hybridized carbons (Fsp3) is 0.286. The lowest BCUT2D eigenvalue weighted by atomic mass is 10.1. The molecular weight excluding hydrogens is 344 g/mol. The maximum atomic E-state index is 13.3. The predicted octanol–water partition coefficient (Wildman–Crippen LogP) is 4.26. The van der Waals surface area contributed by atoms with Crippen LogP contribution in [0.4, 0.5) is 0 Å². The summed E-state index contributed by atoms with van der Waals surface area (Å²) in [4.78, 5) is 15.0. The molecule has 1 aliphatic rings. The molecule has 4 nitrogen and oxygen atoms in total. The summed E-state index contributed by atoms with van der Waals surface area (Å²) in [5, 5.41) is 14.5. The molecule has 1 aliphatic carbocycles. The Kier molecular flexibility index (Phi) is 4.91. The zero-order chi connectivity index (χ0) is 17.9. The minimum atomic E-state index is -0.682. The van der Waals surface area contributed by atoms with E-state index in [0.29, 0.717) is 18.3 Å². The Bertz CT molecular complexity index is 853. The SMILES string of the molecule is O=C(c1cccn1C1CC1)N(Cc1ccccc1)C[C@@H](O)c1ccsc1. The molecule has 1 saturated carbocycles. The number of aromatic nitrogens is 1. The molecule has 2 heterocycles. The number of benzene rings is 1. The van der Waals surface area contributed by atoms with E-state index in [1.165, 1.54) is 0 Å². The molecular formula is C21H22N2O2S. The van der Waals surface area contributed by atoms with Crippen LogP contribution in [0, 0.1) is 0 Å². The standard InChI is InChI=1S/C21H22N2O2S/c24-20(17-10-12-26-15-17)14-22(13-16-5-2-1-3-6-16)21(25)19-7-4-11-23(19)18-8-9-18/h1-7,10-12,15,18,20,24H,8-9,13-14H2/t20-/m1/s1. The number of thiophene rings is 1. The Morgan fingerprint density at radius 3 is 2.69 bits per heavy atom. The third-order valence-corrected chi connectivity index (χ3v) is 5.46. The highest BCUT2D eigenvalue weighted by atomic mass is 32.1. The van der Waals surface area contributed by atoms with Crippen molar-refractivity contribution in [2.45, 2.75) is 31.5 Å². The summed E-state index contributed by atoms with van der Waals surface area (Å²) in [6.07, 6.45) is 3.57. The van der Waals surface area contributed by atoms with Gasteiger partial charge in [-0.05, 0) is 52.9 Å². The Hall–Kier alpha value is -2.37. The summed E-state index contributed by atoms with van der Waals surface area (Å²) in [5.74, 6) is -0.0277. The number of nitrogens with zero attached hydrogens (tertiary/aromatic N) is 2. The molecule has 0 saturated heterocycles. The predicted molar refractivity (Wildman–Crippen MR) is 103 cm³/mol. The number of aliphatic hydroxyl groups is 1. The Morgan fingerprint density at radius 1 is 1.19 bits per heavy atom. The van der Waals surface area contributed by atoms with Gasteiger partial charge in [0.25, 0.3) is 5.91 Å². The minimum Gasteiger partial charge on any atom is -0.387 e. The quantitative estimate of drug-likeness (QED) is 0.679. The van der Waals surface area contributed by atoms with Crippen LogP contribution in [-0.4, -0.2) is 27.0 Å². The van der Waals surface area contributed by atoms with E-state index < -0.39 is 6.10 Å². The lowest BCUT2D eigenvalue weighted by molar-refractivity contribution is 0.0594. The van der Waals surface area contributed by atoms with Crippen molar-refractivity contribution < 1.29 is 9.90 Å². The van der Waals surface area contributed by atoms with Crippen molar-refractivity contribution in [3.05, 3.63) is 82.3 Å². The van der Waals surface area contributed by atoms with Crippen molar-refractivity contribution in [2.75, 3.05) is 6.54 Å². The summed E-state index contributed by atoms with van der Waals surface area (Å²) in [6, 6.07) is 16.1. The van der Waals surface area contributed by atoms with Crippen LogP contribution in [0.5, 0.6) is 0 Å². The van der Waals surface area contributed by atoms with Crippen molar-refractivity contribution >= 4 is 17.2 Å². The molecule has 5 heteroatoms. The van der Waals surface area contributed by atoms with E-state index in [4.69, 9.17) is 0 Å². The second-order valence-corrected chi connectivity index (χ2v) is 7.56. The summed E-state index contributed by atoms with van der Waals surface area (Å²) < 4.78 is 2.08. The largest absolute Gasteiger partial charge is 0.387 e. The average Bonchev–Trinajstić information content (AvgIpc) is 3.15. The molecule has 1 amide bonds. The molecule has 134 valence electrons. The van der Waals surface area contributed by atoms with Crippen molar-refractivity contribution in [1.29, 1.82) is 0 Å². The minimum absolute atomic E-state index is 0.0277. The molecule has 0 radical (unpaired) electrons. The molecule has 1 aromatic carbocycles. The molecule has 0 spiro atoms. The van der Waals surface area contributed by atoms with Crippen molar-refractivity contribution in [1.82, 2.24) is 9.47 Å². The van der Waals surface area contributed by atoms with Gasteiger partial charge in [0.15, 0.2) is 0 Å². The highest BCUT2D eigenvalue weighted by Crippen LogP contribution is 2.36. The first-order valence-corrected chi connectivity index (χ1v) is 9.87. The number of amides is 1. The van der Waals surface area contributed by atoms with Crippen LogP contribution in [0.25, 0.3) is 0 Å². The fourth-order valence-corrected chi connectivity index (χ4v) is 3.92. The number of carbonyl (C=O) groups is 1. The van der Waals surface area contributed by atoms with Gasteiger partial charge in [-0.2, -0.15) is 11.3 Å². The zero-order valence-corrected chi connectivity index (χ0v) is 15.3. The zero-order valence-electron chi connectivity index (χ0n) is 14.5. The average molecular weight is 366 g/mol. The van der Waals surface area contributed by atoms with Gasteiger partial charge in [-0.3, -0.25) is 4.79 Å². The molecule has 1 N–H and O–H groups in total. The highest BCUT2D eigenvalue weighted by molar-refractivity contribution is 7.07. The van der Waals surface area contributed by atoms with Gasteiger partial charge in [0.05, 0.1) is 12.6 Å². The van der Waals surface area contributed by atoms with Gasteiger partial charge in [0.1, 0.15) is 5.69 Å².